The molecule has 0 atom stereocenters. The van der Waals surface area contributed by atoms with Crippen LogP contribution in [0.3, 0.4) is 0 Å². The van der Waals surface area contributed by atoms with E-state index >= 15 is 0 Å². The molecular weight excluding hydrogens is 384 g/mol. The van der Waals surface area contributed by atoms with Crippen molar-refractivity contribution in [2.45, 2.75) is 13.5 Å². The number of carbonyl (C=O) groups is 2. The fourth-order valence-electron chi connectivity index (χ4n) is 3.20. The van der Waals surface area contributed by atoms with Gasteiger partial charge < -0.3 is 14.6 Å². The van der Waals surface area contributed by atoms with Crippen molar-refractivity contribution in [3.05, 3.63) is 88.9 Å². The first kappa shape index (κ1) is 19.0. The van der Waals surface area contributed by atoms with Gasteiger partial charge in [0, 0.05) is 12.2 Å². The molecule has 0 unspecified atom stereocenters. The van der Waals surface area contributed by atoms with Gasteiger partial charge in [0.05, 0.1) is 22.4 Å². The Labute approximate surface area is 172 Å². The predicted molar refractivity (Wildman–Crippen MR) is 116 cm³/mol. The summed E-state index contributed by atoms with van der Waals surface area (Å²) in [7, 11) is 0. The molecular formula is C23H20N2O3S. The van der Waals surface area contributed by atoms with Gasteiger partial charge in [0.2, 0.25) is 0 Å². The van der Waals surface area contributed by atoms with E-state index in [2.05, 4.69) is 5.32 Å². The Morgan fingerprint density at radius 1 is 1.03 bits per heavy atom. The van der Waals surface area contributed by atoms with Gasteiger partial charge >= 0.3 is 5.97 Å². The first-order valence-corrected chi connectivity index (χ1v) is 10.2. The number of thiophene rings is 1. The van der Waals surface area contributed by atoms with Crippen LogP contribution in [-0.4, -0.2) is 23.1 Å². The first-order valence-electron chi connectivity index (χ1n) is 9.35. The van der Waals surface area contributed by atoms with Crippen LogP contribution in [0.4, 0.5) is 5.69 Å². The number of nitrogens with one attached hydrogen (secondary N) is 1. The second kappa shape index (κ2) is 8.32. The number of nitrogens with zero attached hydrogens (tertiary/aromatic N) is 1. The molecule has 2 aromatic heterocycles. The topological polar surface area (TPSA) is 60.3 Å². The molecule has 4 rings (SSSR count). The summed E-state index contributed by atoms with van der Waals surface area (Å²) in [6.45, 7) is 2.71. The summed E-state index contributed by atoms with van der Waals surface area (Å²) in [6.07, 6.45) is 0. The number of fused-ring (bicyclic) bond motifs is 1. The van der Waals surface area contributed by atoms with Crippen LogP contribution >= 0.6 is 11.3 Å². The molecule has 0 aliphatic rings. The Morgan fingerprint density at radius 2 is 1.79 bits per heavy atom. The van der Waals surface area contributed by atoms with E-state index in [9.17, 15) is 9.59 Å². The van der Waals surface area contributed by atoms with Gasteiger partial charge in [-0.3, -0.25) is 4.79 Å². The quantitative estimate of drug-likeness (QED) is 0.451. The van der Waals surface area contributed by atoms with E-state index in [0.29, 0.717) is 30.1 Å². The lowest BCUT2D eigenvalue weighted by Gasteiger charge is -2.11. The lowest BCUT2D eigenvalue weighted by Crippen LogP contribution is -2.17. The van der Waals surface area contributed by atoms with E-state index in [0.717, 1.165) is 15.8 Å². The van der Waals surface area contributed by atoms with Gasteiger partial charge in [-0.1, -0.05) is 30.3 Å². The zero-order valence-corrected chi connectivity index (χ0v) is 16.7. The highest BCUT2D eigenvalue weighted by Crippen LogP contribution is 2.27. The third kappa shape index (κ3) is 4.07. The largest absolute Gasteiger partial charge is 0.462 e. The lowest BCUT2D eigenvalue weighted by molar-refractivity contribution is 0.0526. The molecule has 4 aromatic rings. The van der Waals surface area contributed by atoms with E-state index in [-0.39, 0.29) is 11.9 Å². The molecule has 0 aliphatic heterocycles. The molecule has 29 heavy (non-hydrogen) atoms. The fourth-order valence-corrected chi connectivity index (χ4v) is 4.02. The Hall–Kier alpha value is -3.38. The summed E-state index contributed by atoms with van der Waals surface area (Å²) < 4.78 is 8.09. The van der Waals surface area contributed by atoms with Gasteiger partial charge in [-0.05, 0) is 54.3 Å². The second-order valence-corrected chi connectivity index (χ2v) is 7.47. The lowest BCUT2D eigenvalue weighted by atomic mass is 10.2. The Bertz CT molecular complexity index is 1140. The van der Waals surface area contributed by atoms with Crippen LogP contribution in [-0.2, 0) is 11.3 Å². The minimum absolute atomic E-state index is 0.187. The van der Waals surface area contributed by atoms with Crippen molar-refractivity contribution in [3.63, 3.8) is 0 Å². The van der Waals surface area contributed by atoms with E-state index < -0.39 is 0 Å². The van der Waals surface area contributed by atoms with Gasteiger partial charge in [0.15, 0.2) is 0 Å². The molecule has 0 saturated heterocycles. The number of carbonyl (C=O) groups excluding carboxylic acids is 2. The summed E-state index contributed by atoms with van der Waals surface area (Å²) in [5, 5.41) is 4.96. The zero-order chi connectivity index (χ0) is 20.2. The summed E-state index contributed by atoms with van der Waals surface area (Å²) >= 11 is 1.61. The maximum Gasteiger partial charge on any atom is 0.338 e. The number of aromatic nitrogens is 1. The molecule has 1 amide bonds. The molecule has 0 radical (unpaired) electrons. The normalized spacial score (nSPS) is 10.8. The van der Waals surface area contributed by atoms with Crippen LogP contribution in [0.1, 0.15) is 33.3 Å². The smallest absolute Gasteiger partial charge is 0.338 e. The number of esters is 1. The van der Waals surface area contributed by atoms with Crippen molar-refractivity contribution in [2.75, 3.05) is 11.9 Å². The Balaban J connectivity index is 1.58. The van der Waals surface area contributed by atoms with Crippen molar-refractivity contribution >= 4 is 39.1 Å². The molecule has 146 valence electrons. The highest BCUT2D eigenvalue weighted by Gasteiger charge is 2.17. The van der Waals surface area contributed by atoms with Crippen LogP contribution in [0.2, 0.25) is 0 Å². The molecule has 5 nitrogen and oxygen atoms in total. The van der Waals surface area contributed by atoms with Crippen molar-refractivity contribution in [3.8, 4) is 0 Å². The van der Waals surface area contributed by atoms with Crippen molar-refractivity contribution in [2.24, 2.45) is 0 Å². The van der Waals surface area contributed by atoms with Gasteiger partial charge in [-0.15, -0.1) is 11.3 Å². The van der Waals surface area contributed by atoms with Crippen molar-refractivity contribution in [1.29, 1.82) is 0 Å². The molecule has 0 aliphatic carbocycles. The minimum Gasteiger partial charge on any atom is -0.462 e. The fraction of sp³-hybridized carbons (Fsp3) is 0.130. The monoisotopic (exact) mass is 404 g/mol. The van der Waals surface area contributed by atoms with Gasteiger partial charge in [0.25, 0.3) is 5.91 Å². The summed E-state index contributed by atoms with van der Waals surface area (Å²) in [5.41, 5.74) is 3.85. The number of rotatable bonds is 6. The van der Waals surface area contributed by atoms with Crippen molar-refractivity contribution in [1.82, 2.24) is 4.57 Å². The number of anilines is 1. The predicted octanol–water partition coefficient (Wildman–Crippen LogP) is 5.18. The SMILES string of the molecule is CCOC(=O)c1ccc(NC(=O)c2cc3sccc3n2Cc2ccccc2)cc1. The molecule has 0 saturated carbocycles. The van der Waals surface area contributed by atoms with Crippen LogP contribution in [0.5, 0.6) is 0 Å². The molecule has 0 bridgehead atoms. The molecule has 6 heteroatoms. The van der Waals surface area contributed by atoms with Gasteiger partial charge in [-0.2, -0.15) is 0 Å². The molecule has 0 spiro atoms. The van der Waals surface area contributed by atoms with Gasteiger partial charge in [0.1, 0.15) is 5.69 Å². The Kier molecular flexibility index (Phi) is 5.44. The van der Waals surface area contributed by atoms with E-state index in [1.165, 1.54) is 0 Å². The summed E-state index contributed by atoms with van der Waals surface area (Å²) in [4.78, 5) is 24.8. The van der Waals surface area contributed by atoms with E-state index in [1.54, 1.807) is 42.5 Å². The zero-order valence-electron chi connectivity index (χ0n) is 15.9. The molecule has 1 N–H and O–H groups in total. The van der Waals surface area contributed by atoms with Crippen LogP contribution in [0.15, 0.2) is 72.1 Å². The first-order chi connectivity index (χ1) is 14.2. The molecule has 2 aromatic carbocycles. The Morgan fingerprint density at radius 3 is 2.52 bits per heavy atom. The number of hydrogen-bond acceptors (Lipinski definition) is 4. The minimum atomic E-state index is -0.373. The standard InChI is InChI=1S/C23H20N2O3S/c1-2-28-23(27)17-8-10-18(11-9-17)24-22(26)20-14-21-19(12-13-29-21)25(20)15-16-6-4-3-5-7-16/h3-14H,2,15H2,1H3,(H,24,26). The summed E-state index contributed by atoms with van der Waals surface area (Å²) in [5.74, 6) is -0.560. The van der Waals surface area contributed by atoms with Crippen LogP contribution < -0.4 is 5.32 Å². The highest BCUT2D eigenvalue weighted by atomic mass is 32.1. The maximum atomic E-state index is 13.0. The number of hydrogen-bond donors (Lipinski definition) is 1. The molecule has 0 fully saturated rings. The number of benzene rings is 2. The van der Waals surface area contributed by atoms with E-state index in [4.69, 9.17) is 4.74 Å². The second-order valence-electron chi connectivity index (χ2n) is 6.52. The average Bonchev–Trinajstić information content (AvgIpc) is 3.32. The average molecular weight is 404 g/mol. The third-order valence-electron chi connectivity index (χ3n) is 4.59. The van der Waals surface area contributed by atoms with E-state index in [1.807, 2.05) is 52.4 Å². The van der Waals surface area contributed by atoms with Crippen LogP contribution in [0, 0.1) is 0 Å². The number of amides is 1. The molecule has 2 heterocycles. The third-order valence-corrected chi connectivity index (χ3v) is 5.45. The van der Waals surface area contributed by atoms with Crippen LogP contribution in [0.25, 0.3) is 10.2 Å². The van der Waals surface area contributed by atoms with Crippen molar-refractivity contribution < 1.29 is 14.3 Å². The summed E-state index contributed by atoms with van der Waals surface area (Å²) in [6, 6.07) is 20.7. The highest BCUT2D eigenvalue weighted by molar-refractivity contribution is 7.17. The van der Waals surface area contributed by atoms with Gasteiger partial charge in [-0.25, -0.2) is 4.79 Å². The maximum absolute atomic E-state index is 13.0. The number of ether oxygens (including phenoxy) is 1.